The van der Waals surface area contributed by atoms with Crippen molar-refractivity contribution in [1.29, 1.82) is 0 Å². The van der Waals surface area contributed by atoms with Crippen molar-refractivity contribution in [2.75, 3.05) is 0 Å². The molecular weight excluding hydrogens is 462 g/mol. The van der Waals surface area contributed by atoms with Crippen LogP contribution < -0.4 is 0 Å². The largest absolute Gasteiger partial charge is 0.308 e. The minimum atomic E-state index is 1.20. The van der Waals surface area contributed by atoms with Crippen molar-refractivity contribution < 1.29 is 0 Å². The molecule has 0 amide bonds. The number of nitrogens with zero attached hydrogens (tertiary/aromatic N) is 1. The molecule has 5 aromatic carbocycles. The molecule has 3 heterocycles. The van der Waals surface area contributed by atoms with E-state index >= 15 is 0 Å². The molecule has 3 aromatic heterocycles. The smallest absolute Gasteiger partial charge is 0.0720 e. The molecule has 8 aromatic rings. The van der Waals surface area contributed by atoms with Crippen LogP contribution in [0.25, 0.3) is 68.2 Å². The van der Waals surface area contributed by atoms with Gasteiger partial charge in [0.1, 0.15) is 0 Å². The van der Waals surface area contributed by atoms with Crippen LogP contribution in [0.4, 0.5) is 0 Å². The fraction of sp³-hybridized carbons (Fsp3) is 0. The van der Waals surface area contributed by atoms with Gasteiger partial charge in [-0.2, -0.15) is 0 Å². The number of hydrogen-bond acceptors (Lipinski definition) is 2. The zero-order chi connectivity index (χ0) is 22.9. The molecule has 3 heteroatoms. The predicted molar refractivity (Wildman–Crippen MR) is 154 cm³/mol. The molecule has 0 fully saturated rings. The lowest BCUT2D eigenvalue weighted by Gasteiger charge is -2.11. The highest BCUT2D eigenvalue weighted by Gasteiger charge is 2.19. The Hall–Kier alpha value is -3.92. The van der Waals surface area contributed by atoms with Crippen LogP contribution in [0, 0.1) is 0 Å². The van der Waals surface area contributed by atoms with Gasteiger partial charge in [0.05, 0.1) is 25.1 Å². The van der Waals surface area contributed by atoms with Crippen molar-refractivity contribution >= 4 is 74.1 Å². The number of aromatic nitrogens is 1. The van der Waals surface area contributed by atoms with Crippen molar-refractivity contribution in [3.63, 3.8) is 0 Å². The molecule has 0 atom stereocenters. The molecule has 0 radical (unpaired) electrons. The Morgan fingerprint density at radius 1 is 0.457 bits per heavy atom. The Morgan fingerprint density at radius 2 is 1.17 bits per heavy atom. The molecule has 0 aliphatic heterocycles. The van der Waals surface area contributed by atoms with Gasteiger partial charge < -0.3 is 4.57 Å². The summed E-state index contributed by atoms with van der Waals surface area (Å²) in [6.45, 7) is 0. The van der Waals surface area contributed by atoms with E-state index in [-0.39, 0.29) is 0 Å². The quantitative estimate of drug-likeness (QED) is 0.231. The average Bonchev–Trinajstić information content (AvgIpc) is 3.57. The molecule has 0 aliphatic carbocycles. The van der Waals surface area contributed by atoms with Gasteiger partial charge in [-0.25, -0.2) is 0 Å². The summed E-state index contributed by atoms with van der Waals surface area (Å²) in [6.07, 6.45) is 0. The van der Waals surface area contributed by atoms with E-state index in [1.165, 1.54) is 68.2 Å². The maximum Gasteiger partial charge on any atom is 0.0720 e. The van der Waals surface area contributed by atoms with Crippen LogP contribution in [-0.4, -0.2) is 4.57 Å². The first kappa shape index (κ1) is 19.4. The average molecular weight is 482 g/mol. The maximum atomic E-state index is 2.47. The number of benzene rings is 5. The second-order valence-corrected chi connectivity index (χ2v) is 11.0. The fourth-order valence-electron chi connectivity index (χ4n) is 5.44. The van der Waals surface area contributed by atoms with Gasteiger partial charge in [0.25, 0.3) is 0 Å². The molecular formula is C32H19NS2. The van der Waals surface area contributed by atoms with E-state index in [1.807, 2.05) is 22.7 Å². The van der Waals surface area contributed by atoms with E-state index in [0.717, 1.165) is 0 Å². The highest BCUT2D eigenvalue weighted by molar-refractivity contribution is 7.37. The molecule has 0 aliphatic rings. The molecule has 8 rings (SSSR count). The van der Waals surface area contributed by atoms with Gasteiger partial charge in [0, 0.05) is 31.9 Å². The van der Waals surface area contributed by atoms with Gasteiger partial charge >= 0.3 is 0 Å². The van der Waals surface area contributed by atoms with E-state index in [4.69, 9.17) is 0 Å². The molecule has 35 heavy (non-hydrogen) atoms. The summed E-state index contributed by atoms with van der Waals surface area (Å²) in [6, 6.07) is 41.9. The first-order chi connectivity index (χ1) is 17.4. The predicted octanol–water partition coefficient (Wildman–Crippen LogP) is 10.0. The Labute approximate surface area is 210 Å². The minimum absolute atomic E-state index is 1.20. The third-order valence-electron chi connectivity index (χ3n) is 7.00. The normalized spacial score (nSPS) is 12.0. The van der Waals surface area contributed by atoms with E-state index < -0.39 is 0 Å². The lowest BCUT2D eigenvalue weighted by atomic mass is 10.1. The highest BCUT2D eigenvalue weighted by Crippen LogP contribution is 2.48. The van der Waals surface area contributed by atoms with Crippen molar-refractivity contribution in [1.82, 2.24) is 4.57 Å². The third-order valence-corrected chi connectivity index (χ3v) is 9.58. The first-order valence-electron chi connectivity index (χ1n) is 11.8. The van der Waals surface area contributed by atoms with Crippen molar-refractivity contribution in [2.24, 2.45) is 0 Å². The van der Waals surface area contributed by atoms with E-state index in [0.29, 0.717) is 0 Å². The molecule has 0 bridgehead atoms. The van der Waals surface area contributed by atoms with Crippen LogP contribution in [0.3, 0.4) is 0 Å². The summed E-state index contributed by atoms with van der Waals surface area (Å²) in [5.74, 6) is 0. The third kappa shape index (κ3) is 2.74. The molecule has 164 valence electrons. The van der Waals surface area contributed by atoms with Gasteiger partial charge in [-0.1, -0.05) is 91.0 Å². The van der Waals surface area contributed by atoms with Gasteiger partial charge in [0.2, 0.25) is 0 Å². The maximum absolute atomic E-state index is 2.47. The van der Waals surface area contributed by atoms with Crippen LogP contribution in [-0.2, 0) is 0 Å². The highest BCUT2D eigenvalue weighted by atomic mass is 32.1. The second kappa shape index (κ2) is 7.29. The number of thiophene rings is 2. The zero-order valence-corrected chi connectivity index (χ0v) is 20.4. The standard InChI is InChI=1S/C32H19NS2/c1-2-9-20(10-3-1)21-11-8-12-22(19-21)33-27-15-6-4-13-23(27)24-17-18-26-30(29(24)33)35-31-25-14-5-7-16-28(25)34-32(26)31/h1-19H. The van der Waals surface area contributed by atoms with Crippen LogP contribution in [0.5, 0.6) is 0 Å². The SMILES string of the molecule is c1ccc(-c2cccc(-n3c4ccccc4c4ccc5c6sc7ccccc7c6sc5c43)c2)cc1. The minimum Gasteiger partial charge on any atom is -0.308 e. The van der Waals surface area contributed by atoms with Crippen molar-refractivity contribution in [2.45, 2.75) is 0 Å². The lowest BCUT2D eigenvalue weighted by molar-refractivity contribution is 1.19. The molecule has 1 nitrogen and oxygen atoms in total. The molecule has 0 N–H and O–H groups in total. The summed E-state index contributed by atoms with van der Waals surface area (Å²) in [5, 5.41) is 5.35. The van der Waals surface area contributed by atoms with Crippen LogP contribution >= 0.6 is 22.7 Å². The topological polar surface area (TPSA) is 4.93 Å². The van der Waals surface area contributed by atoms with E-state index in [1.54, 1.807) is 0 Å². The van der Waals surface area contributed by atoms with Crippen LogP contribution in [0.1, 0.15) is 0 Å². The zero-order valence-electron chi connectivity index (χ0n) is 18.7. The Balaban J connectivity index is 1.51. The summed E-state index contributed by atoms with van der Waals surface area (Å²) in [7, 11) is 0. The number of hydrogen-bond donors (Lipinski definition) is 0. The number of para-hydroxylation sites is 1. The molecule has 0 unspecified atom stereocenters. The number of fused-ring (bicyclic) bond motifs is 9. The Kier molecular flexibility index (Phi) is 4.04. The second-order valence-electron chi connectivity index (χ2n) is 8.97. The molecule has 0 saturated heterocycles. The monoisotopic (exact) mass is 481 g/mol. The Morgan fingerprint density at radius 3 is 2.09 bits per heavy atom. The Bertz CT molecular complexity index is 2050. The molecule has 0 saturated carbocycles. The fourth-order valence-corrected chi connectivity index (χ4v) is 8.22. The summed E-state index contributed by atoms with van der Waals surface area (Å²) < 4.78 is 8.02. The van der Waals surface area contributed by atoms with Gasteiger partial charge in [-0.3, -0.25) is 0 Å². The lowest BCUT2D eigenvalue weighted by Crippen LogP contribution is -1.94. The van der Waals surface area contributed by atoms with Gasteiger partial charge in [0.15, 0.2) is 0 Å². The van der Waals surface area contributed by atoms with Crippen LogP contribution in [0.2, 0.25) is 0 Å². The van der Waals surface area contributed by atoms with Gasteiger partial charge in [-0.15, -0.1) is 22.7 Å². The number of rotatable bonds is 2. The summed E-state index contributed by atoms with van der Waals surface area (Å²) in [4.78, 5) is 0. The van der Waals surface area contributed by atoms with Crippen LogP contribution in [0.15, 0.2) is 115 Å². The summed E-state index contributed by atoms with van der Waals surface area (Å²) >= 11 is 3.86. The van der Waals surface area contributed by atoms with Crippen molar-refractivity contribution in [3.05, 3.63) is 115 Å². The van der Waals surface area contributed by atoms with Gasteiger partial charge in [-0.05, 0) is 35.4 Å². The van der Waals surface area contributed by atoms with E-state index in [2.05, 4.69) is 120 Å². The first-order valence-corrected chi connectivity index (χ1v) is 13.4. The van der Waals surface area contributed by atoms with Crippen molar-refractivity contribution in [3.8, 4) is 16.8 Å². The molecule has 0 spiro atoms. The summed E-state index contributed by atoms with van der Waals surface area (Å²) in [5.41, 5.74) is 6.24. The van der Waals surface area contributed by atoms with E-state index in [9.17, 15) is 0 Å².